The molecule has 0 unspecified atom stereocenters. The molecule has 10 heteroatoms. The van der Waals surface area contributed by atoms with Crippen LogP contribution in [0.1, 0.15) is 81.5 Å². The summed E-state index contributed by atoms with van der Waals surface area (Å²) in [5.74, 6) is 1.02. The van der Waals surface area contributed by atoms with E-state index in [0.29, 0.717) is 11.8 Å². The Hall–Kier alpha value is -2.38. The zero-order valence-electron chi connectivity index (χ0n) is 24.6. The van der Waals surface area contributed by atoms with Gasteiger partial charge in [0.2, 0.25) is 6.10 Å². The van der Waals surface area contributed by atoms with Gasteiger partial charge in [0.1, 0.15) is 0 Å². The monoisotopic (exact) mass is 667 g/mol. The van der Waals surface area contributed by atoms with Crippen LogP contribution in [0.5, 0.6) is 0 Å². The van der Waals surface area contributed by atoms with Gasteiger partial charge in [-0.05, 0) is 0 Å². The van der Waals surface area contributed by atoms with Crippen LogP contribution in [0.2, 0.25) is 0 Å². The number of aryl methyl sites for hydroxylation is 2. The first-order valence-corrected chi connectivity index (χ1v) is 15.1. The van der Waals surface area contributed by atoms with Gasteiger partial charge in [-0.1, -0.05) is 26.0 Å². The minimum Gasteiger partial charge on any atom is -0.665 e. The van der Waals surface area contributed by atoms with Crippen LogP contribution in [0, 0.1) is 13.8 Å². The summed E-state index contributed by atoms with van der Waals surface area (Å²) in [6, 6.07) is 21.4. The fourth-order valence-corrected chi connectivity index (χ4v) is 5.43. The molecule has 0 atom stereocenters. The van der Waals surface area contributed by atoms with E-state index in [0.717, 1.165) is 11.4 Å². The number of aromatic nitrogens is 1. The molecule has 228 valence electrons. The third-order valence-electron chi connectivity index (χ3n) is 5.89. The van der Waals surface area contributed by atoms with Crippen LogP contribution in [-0.4, -0.2) is 28.0 Å². The number of halogens is 6. The van der Waals surface area contributed by atoms with Crippen molar-refractivity contribution in [3.63, 3.8) is 0 Å². The molecular weight excluding hydrogens is 626 g/mol. The zero-order valence-corrected chi connectivity index (χ0v) is 26.6. The van der Waals surface area contributed by atoms with Gasteiger partial charge in [0.25, 0.3) is 0 Å². The summed E-state index contributed by atoms with van der Waals surface area (Å²) in [5, 5.41) is 7.47. The van der Waals surface area contributed by atoms with Gasteiger partial charge in [0.05, 0.1) is 0 Å². The second-order valence-electron chi connectivity index (χ2n) is 10.7. The van der Waals surface area contributed by atoms with Crippen LogP contribution >= 0.6 is 0 Å². The van der Waals surface area contributed by atoms with Crippen LogP contribution in [0.3, 0.4) is 0 Å². The quantitative estimate of drug-likeness (QED) is 0.218. The van der Waals surface area contributed by atoms with Crippen LogP contribution < -0.4 is 4.98 Å². The van der Waals surface area contributed by atoms with E-state index in [1.165, 1.54) is 22.4 Å². The average molecular weight is 666 g/mol. The summed E-state index contributed by atoms with van der Waals surface area (Å²) >= 11 is -0.553. The number of nitrogens with zero attached hydrogens (tertiary/aromatic N) is 2. The summed E-state index contributed by atoms with van der Waals surface area (Å²) in [6.45, 7) is 17.6. The molecule has 0 aliphatic rings. The van der Waals surface area contributed by atoms with Gasteiger partial charge in [-0.25, -0.2) is 0 Å². The Morgan fingerprint density at radius 3 is 1.49 bits per heavy atom. The van der Waals surface area contributed by atoms with Crippen molar-refractivity contribution < 1.29 is 49.4 Å². The Morgan fingerprint density at radius 2 is 1.17 bits per heavy atom. The molecule has 3 nitrogen and oxygen atoms in total. The molecule has 0 amide bonds. The Balaban J connectivity index is 0.000000403. The number of hydrogen-bond donors (Lipinski definition) is 1. The minimum atomic E-state index is -5.63. The van der Waals surface area contributed by atoms with Gasteiger partial charge in [0.15, 0.2) is 0 Å². The van der Waals surface area contributed by atoms with Crippen molar-refractivity contribution >= 4 is 10.1 Å². The van der Waals surface area contributed by atoms with Gasteiger partial charge in [0, 0.05) is 0 Å². The summed E-state index contributed by atoms with van der Waals surface area (Å²) in [6.07, 6.45) is -15.5. The van der Waals surface area contributed by atoms with Crippen LogP contribution in [0.25, 0.3) is 0 Å². The maximum absolute atomic E-state index is 11.0. The molecule has 3 aromatic rings. The average Bonchev–Trinajstić information content (AvgIpc) is 3.25. The molecule has 0 spiro atoms. The van der Waals surface area contributed by atoms with E-state index in [2.05, 4.69) is 99.5 Å². The first-order chi connectivity index (χ1) is 18.8. The summed E-state index contributed by atoms with van der Waals surface area (Å²) in [4.78, 5) is 4.11. The maximum Gasteiger partial charge on any atom is 0.423 e. The number of aliphatic hydroxyl groups excluding tert-OH is 1. The standard InChI is InChI=1S/C12H17N.C10H12.C6H8N.C3H2F6O.Mo/c1-8(2)10-6-5-7-11(9(3)4)12(10)13;1-10(2,3)9-7-5-4-6-8-9;1-5-3-4-6(2)7-5;4-2(5,6)1(10)3(7,8)9;/h5-9H,1-4H3;1,4-8H,2-3H3;3-4H,1-2H3;1,10H;/q;;-1;;. The number of hydrogen-bond acceptors (Lipinski definition) is 2. The molecule has 1 N–H and O–H groups in total. The summed E-state index contributed by atoms with van der Waals surface area (Å²) in [7, 11) is 0. The predicted molar refractivity (Wildman–Crippen MR) is 150 cm³/mol. The van der Waals surface area contributed by atoms with Crippen molar-refractivity contribution in [2.75, 3.05) is 0 Å². The second-order valence-corrected chi connectivity index (χ2v) is 12.3. The molecule has 0 saturated heterocycles. The summed E-state index contributed by atoms with van der Waals surface area (Å²) in [5.41, 5.74) is 7.69. The maximum atomic E-state index is 11.0. The van der Waals surface area contributed by atoms with Crippen molar-refractivity contribution in [3.8, 4) is 0 Å². The van der Waals surface area contributed by atoms with Crippen molar-refractivity contribution in [3.05, 3.63) is 88.7 Å². The summed E-state index contributed by atoms with van der Waals surface area (Å²) < 4.78 is 73.4. The van der Waals surface area contributed by atoms with E-state index in [9.17, 15) is 26.3 Å². The van der Waals surface area contributed by atoms with Crippen molar-refractivity contribution in [2.45, 2.75) is 91.1 Å². The van der Waals surface area contributed by atoms with E-state index in [-0.39, 0.29) is 5.41 Å². The molecule has 0 bridgehead atoms. The molecule has 41 heavy (non-hydrogen) atoms. The third-order valence-corrected chi connectivity index (χ3v) is 8.31. The largest absolute Gasteiger partial charge is 0.665 e. The molecule has 0 radical (unpaired) electrons. The smallest absolute Gasteiger partial charge is 0.423 e. The molecule has 1 heterocycles. The number of rotatable bonds is 5. The Morgan fingerprint density at radius 1 is 0.732 bits per heavy atom. The predicted octanol–water partition coefficient (Wildman–Crippen LogP) is 9.34. The van der Waals surface area contributed by atoms with Crippen LogP contribution in [0.15, 0.2) is 64.2 Å². The van der Waals surface area contributed by atoms with Gasteiger partial charge in [-0.15, -0.1) is 0 Å². The van der Waals surface area contributed by atoms with Gasteiger partial charge >= 0.3 is 168 Å². The van der Waals surface area contributed by atoms with E-state index in [1.807, 2.05) is 26.0 Å². The van der Waals surface area contributed by atoms with Crippen molar-refractivity contribution in [2.24, 2.45) is 3.50 Å². The van der Waals surface area contributed by atoms with Crippen molar-refractivity contribution in [1.82, 2.24) is 4.98 Å². The Labute approximate surface area is 247 Å². The molecular formula is C31H39F6MoN2O-. The zero-order chi connectivity index (χ0) is 31.6. The van der Waals surface area contributed by atoms with E-state index in [4.69, 9.17) is 8.60 Å². The van der Waals surface area contributed by atoms with E-state index in [1.54, 1.807) is 0 Å². The number of aliphatic hydroxyl groups is 1. The van der Waals surface area contributed by atoms with Gasteiger partial charge in [-0.2, -0.15) is 37.7 Å². The molecule has 1 aromatic heterocycles. The molecule has 2 aromatic carbocycles. The molecule has 3 rings (SSSR count). The first-order valence-electron chi connectivity index (χ1n) is 13.0. The molecule has 0 aliphatic heterocycles. The third kappa shape index (κ3) is 12.6. The first kappa shape index (κ1) is 36.6. The molecule has 0 saturated carbocycles. The fourth-order valence-electron chi connectivity index (χ4n) is 3.54. The van der Waals surface area contributed by atoms with Crippen LogP contribution in [0.4, 0.5) is 32.0 Å². The Bertz CT molecular complexity index is 1220. The molecule has 0 aliphatic carbocycles. The second kappa shape index (κ2) is 15.7. The van der Waals surface area contributed by atoms with Crippen molar-refractivity contribution in [1.29, 1.82) is 0 Å². The van der Waals surface area contributed by atoms with Gasteiger partial charge < -0.3 is 10.1 Å². The number of alkyl halides is 6. The SMILES string of the molecule is CC(C)c1cccc(C(C)C)c1[N]=[Mo]=[CH]C(C)(C)c1ccccc1.Cc1ccc(C)[n-]1.OC(C(F)(F)F)C(F)(F)F. The normalized spacial score (nSPS) is 12.0. The fraction of sp³-hybridized carbons (Fsp3) is 0.452. The topological polar surface area (TPSA) is 46.7 Å². The van der Waals surface area contributed by atoms with E-state index < -0.39 is 36.4 Å². The van der Waals surface area contributed by atoms with Crippen LogP contribution in [-0.2, 0) is 23.3 Å². The van der Waals surface area contributed by atoms with E-state index >= 15 is 0 Å². The Kier molecular flexibility index (Phi) is 14.1. The minimum absolute atomic E-state index is 0.0811. The van der Waals surface area contributed by atoms with Gasteiger partial charge in [-0.3, -0.25) is 0 Å². The number of benzene rings is 2. The molecule has 0 fully saturated rings.